The third-order valence-electron chi connectivity index (χ3n) is 4.09. The van der Waals surface area contributed by atoms with E-state index in [0.29, 0.717) is 25.0 Å². The first-order chi connectivity index (χ1) is 10.0. The summed E-state index contributed by atoms with van der Waals surface area (Å²) < 4.78 is 6.92. The Morgan fingerprint density at radius 3 is 2.81 bits per heavy atom. The van der Waals surface area contributed by atoms with Crippen molar-refractivity contribution in [2.45, 2.75) is 40.2 Å². The zero-order chi connectivity index (χ0) is 15.3. The lowest BCUT2D eigenvalue weighted by molar-refractivity contribution is 0.0238. The van der Waals surface area contributed by atoms with Crippen molar-refractivity contribution in [3.63, 3.8) is 0 Å². The number of rotatable bonds is 5. The number of ether oxygens (including phenoxy) is 1. The molecule has 0 aromatic carbocycles. The number of aromatic nitrogens is 4. The molecule has 1 aliphatic rings. The number of nitrogens with zero attached hydrogens (tertiary/aromatic N) is 4. The second kappa shape index (κ2) is 6.84. The molecule has 1 fully saturated rings. The molecule has 2 heterocycles. The van der Waals surface area contributed by atoms with E-state index in [9.17, 15) is 4.79 Å². The molecule has 8 nitrogen and oxygen atoms in total. The molecule has 2 amide bonds. The fourth-order valence-electron chi connectivity index (χ4n) is 2.58. The van der Waals surface area contributed by atoms with E-state index in [1.54, 1.807) is 0 Å². The zero-order valence-electron chi connectivity index (χ0n) is 12.9. The van der Waals surface area contributed by atoms with Crippen molar-refractivity contribution in [1.29, 1.82) is 0 Å². The summed E-state index contributed by atoms with van der Waals surface area (Å²) >= 11 is 0. The van der Waals surface area contributed by atoms with Crippen LogP contribution in [0.3, 0.4) is 0 Å². The van der Waals surface area contributed by atoms with E-state index in [1.807, 2.05) is 6.92 Å². The maximum absolute atomic E-state index is 12.0. The smallest absolute Gasteiger partial charge is 0.321 e. The Bertz CT molecular complexity index is 467. The molecule has 2 rings (SSSR count). The van der Waals surface area contributed by atoms with Crippen LogP contribution in [-0.2, 0) is 11.3 Å². The van der Waals surface area contributed by atoms with Gasteiger partial charge in [0.2, 0.25) is 0 Å². The van der Waals surface area contributed by atoms with Crippen LogP contribution in [0.5, 0.6) is 0 Å². The Balaban J connectivity index is 1.82. The summed E-state index contributed by atoms with van der Waals surface area (Å²) in [7, 11) is 0. The van der Waals surface area contributed by atoms with Crippen LogP contribution in [0, 0.1) is 11.3 Å². The number of tetrazole rings is 1. The van der Waals surface area contributed by atoms with Gasteiger partial charge >= 0.3 is 6.03 Å². The van der Waals surface area contributed by atoms with E-state index in [4.69, 9.17) is 4.74 Å². The van der Waals surface area contributed by atoms with E-state index in [0.717, 1.165) is 26.1 Å². The predicted molar refractivity (Wildman–Crippen MR) is 77.8 cm³/mol. The standard InChI is InChI=1S/C13H24N6O2/c1-4-19-11(16-17-18-19)15-12(20)14-9-13(2,3)10-5-7-21-8-6-10/h10H,4-9H2,1-3H3,(H2,14,15,16,18,20). The second-order valence-corrected chi connectivity index (χ2v) is 6.00. The third kappa shape index (κ3) is 4.13. The van der Waals surface area contributed by atoms with Gasteiger partial charge in [0, 0.05) is 26.3 Å². The molecule has 2 N–H and O–H groups in total. The number of anilines is 1. The lowest BCUT2D eigenvalue weighted by Crippen LogP contribution is -2.42. The molecule has 1 saturated heterocycles. The van der Waals surface area contributed by atoms with E-state index >= 15 is 0 Å². The van der Waals surface area contributed by atoms with Gasteiger partial charge < -0.3 is 10.1 Å². The molecular weight excluding hydrogens is 272 g/mol. The van der Waals surface area contributed by atoms with Gasteiger partial charge in [0.15, 0.2) is 0 Å². The number of aryl methyl sites for hydroxylation is 1. The van der Waals surface area contributed by atoms with Gasteiger partial charge in [-0.05, 0) is 41.5 Å². The van der Waals surface area contributed by atoms with Crippen molar-refractivity contribution in [2.75, 3.05) is 25.1 Å². The van der Waals surface area contributed by atoms with Gasteiger partial charge in [-0.3, -0.25) is 5.32 Å². The summed E-state index contributed by atoms with van der Waals surface area (Å²) in [4.78, 5) is 12.0. The molecular formula is C13H24N6O2. The van der Waals surface area contributed by atoms with Gasteiger partial charge in [0.25, 0.3) is 5.95 Å². The highest BCUT2D eigenvalue weighted by Crippen LogP contribution is 2.33. The number of amides is 2. The van der Waals surface area contributed by atoms with Crippen molar-refractivity contribution < 1.29 is 9.53 Å². The summed E-state index contributed by atoms with van der Waals surface area (Å²) in [6.45, 7) is 9.11. The van der Waals surface area contributed by atoms with Gasteiger partial charge in [-0.2, -0.15) is 0 Å². The Morgan fingerprint density at radius 1 is 1.43 bits per heavy atom. The molecule has 0 atom stereocenters. The van der Waals surface area contributed by atoms with Crippen molar-refractivity contribution in [3.8, 4) is 0 Å². The number of carbonyl (C=O) groups excluding carboxylic acids is 1. The average molecular weight is 296 g/mol. The minimum Gasteiger partial charge on any atom is -0.381 e. The highest BCUT2D eigenvalue weighted by Gasteiger charge is 2.31. The highest BCUT2D eigenvalue weighted by atomic mass is 16.5. The Hall–Kier alpha value is -1.70. The van der Waals surface area contributed by atoms with Crippen LogP contribution >= 0.6 is 0 Å². The molecule has 1 aromatic heterocycles. The number of hydrogen-bond acceptors (Lipinski definition) is 5. The van der Waals surface area contributed by atoms with Crippen LogP contribution in [0.4, 0.5) is 10.7 Å². The molecule has 0 unspecified atom stereocenters. The number of urea groups is 1. The lowest BCUT2D eigenvalue weighted by Gasteiger charge is -2.37. The topological polar surface area (TPSA) is 94.0 Å². The van der Waals surface area contributed by atoms with E-state index in [-0.39, 0.29) is 11.4 Å². The predicted octanol–water partition coefficient (Wildman–Crippen LogP) is 1.27. The van der Waals surface area contributed by atoms with Crippen LogP contribution in [0.1, 0.15) is 33.6 Å². The second-order valence-electron chi connectivity index (χ2n) is 6.00. The Labute approximate surface area is 124 Å². The van der Waals surface area contributed by atoms with Crippen molar-refractivity contribution >= 4 is 12.0 Å². The molecule has 21 heavy (non-hydrogen) atoms. The normalized spacial score (nSPS) is 16.7. The maximum atomic E-state index is 12.0. The number of hydrogen-bond donors (Lipinski definition) is 2. The average Bonchev–Trinajstić information content (AvgIpc) is 2.93. The van der Waals surface area contributed by atoms with Crippen molar-refractivity contribution in [1.82, 2.24) is 25.5 Å². The first-order valence-electron chi connectivity index (χ1n) is 7.41. The maximum Gasteiger partial charge on any atom is 0.321 e. The third-order valence-corrected chi connectivity index (χ3v) is 4.09. The minimum atomic E-state index is -0.278. The summed E-state index contributed by atoms with van der Waals surface area (Å²) in [5.41, 5.74) is 0.0395. The number of nitrogens with one attached hydrogen (secondary N) is 2. The van der Waals surface area contributed by atoms with Gasteiger partial charge in [-0.1, -0.05) is 18.9 Å². The lowest BCUT2D eigenvalue weighted by atomic mass is 9.74. The Kier molecular flexibility index (Phi) is 5.11. The van der Waals surface area contributed by atoms with Gasteiger partial charge in [0.1, 0.15) is 0 Å². The first-order valence-corrected chi connectivity index (χ1v) is 7.41. The molecule has 0 aliphatic carbocycles. The SMILES string of the molecule is CCn1nnnc1NC(=O)NCC(C)(C)C1CCOCC1. The highest BCUT2D eigenvalue weighted by molar-refractivity contribution is 5.87. The summed E-state index contributed by atoms with van der Waals surface area (Å²) in [6, 6.07) is -0.278. The van der Waals surface area contributed by atoms with Gasteiger partial charge in [-0.25, -0.2) is 9.48 Å². The monoisotopic (exact) mass is 296 g/mol. The van der Waals surface area contributed by atoms with Crippen molar-refractivity contribution in [3.05, 3.63) is 0 Å². The molecule has 1 aromatic rings. The first kappa shape index (κ1) is 15.7. The van der Waals surface area contributed by atoms with E-state index in [1.165, 1.54) is 4.68 Å². The molecule has 0 spiro atoms. The quantitative estimate of drug-likeness (QED) is 0.853. The minimum absolute atomic E-state index is 0.0395. The molecule has 0 radical (unpaired) electrons. The van der Waals surface area contributed by atoms with Gasteiger partial charge in [0.05, 0.1) is 0 Å². The Morgan fingerprint density at radius 2 is 2.14 bits per heavy atom. The number of carbonyl (C=O) groups is 1. The molecule has 0 bridgehead atoms. The molecule has 118 valence electrons. The van der Waals surface area contributed by atoms with Crippen molar-refractivity contribution in [2.24, 2.45) is 11.3 Å². The zero-order valence-corrected chi connectivity index (χ0v) is 12.9. The van der Waals surface area contributed by atoms with Crippen LogP contribution < -0.4 is 10.6 Å². The van der Waals surface area contributed by atoms with Crippen LogP contribution in [-0.4, -0.2) is 46.0 Å². The van der Waals surface area contributed by atoms with Gasteiger partial charge in [-0.15, -0.1) is 0 Å². The molecule has 8 heteroatoms. The van der Waals surface area contributed by atoms with E-state index in [2.05, 4.69) is 40.0 Å². The fraction of sp³-hybridized carbons (Fsp3) is 0.846. The summed E-state index contributed by atoms with van der Waals surface area (Å²) in [5, 5.41) is 16.7. The molecule has 0 saturated carbocycles. The summed E-state index contributed by atoms with van der Waals surface area (Å²) in [6.07, 6.45) is 2.09. The van der Waals surface area contributed by atoms with Crippen LogP contribution in [0.25, 0.3) is 0 Å². The largest absolute Gasteiger partial charge is 0.381 e. The van der Waals surface area contributed by atoms with E-state index < -0.39 is 0 Å². The van der Waals surface area contributed by atoms with Crippen LogP contribution in [0.2, 0.25) is 0 Å². The van der Waals surface area contributed by atoms with Crippen LogP contribution in [0.15, 0.2) is 0 Å². The summed E-state index contributed by atoms with van der Waals surface area (Å²) in [5.74, 6) is 0.923. The fourth-order valence-corrected chi connectivity index (χ4v) is 2.58. The molecule has 1 aliphatic heterocycles.